The van der Waals surface area contributed by atoms with Crippen molar-refractivity contribution in [3.63, 3.8) is 0 Å². The number of esters is 1. The van der Waals surface area contributed by atoms with Crippen molar-refractivity contribution in [1.29, 1.82) is 5.26 Å². The highest BCUT2D eigenvalue weighted by atomic mass is 16.6. The van der Waals surface area contributed by atoms with Crippen LogP contribution in [0.15, 0.2) is 30.2 Å². The third-order valence-corrected chi connectivity index (χ3v) is 2.15. The maximum atomic E-state index is 11.4. The van der Waals surface area contributed by atoms with Gasteiger partial charge in [-0.05, 0) is 24.6 Å². The van der Waals surface area contributed by atoms with Crippen molar-refractivity contribution >= 4 is 5.97 Å². The molecule has 0 spiro atoms. The fourth-order valence-electron chi connectivity index (χ4n) is 1.22. The molecule has 94 valence electrons. The first-order valence-electron chi connectivity index (χ1n) is 5.12. The number of carbonyl (C=O) groups excluding carboxylic acids is 1. The van der Waals surface area contributed by atoms with E-state index in [0.29, 0.717) is 11.3 Å². The van der Waals surface area contributed by atoms with Crippen LogP contribution < -0.4 is 4.74 Å². The van der Waals surface area contributed by atoms with Gasteiger partial charge in [0.05, 0.1) is 25.9 Å². The Balaban J connectivity index is 3.05. The van der Waals surface area contributed by atoms with Gasteiger partial charge >= 0.3 is 5.97 Å². The molecule has 0 saturated heterocycles. The second-order valence-electron chi connectivity index (χ2n) is 3.40. The van der Waals surface area contributed by atoms with Crippen LogP contribution >= 0.6 is 0 Å². The molecule has 0 aromatic heterocycles. The SMILES string of the molecule is CO/C=C(\Oc1cc(C#N)ccc1C)C(=O)OC. The Labute approximate surface area is 105 Å². The van der Waals surface area contributed by atoms with Gasteiger partial charge in [-0.2, -0.15) is 5.26 Å². The number of carbonyl (C=O) groups is 1. The maximum absolute atomic E-state index is 11.4. The molecule has 1 rings (SSSR count). The van der Waals surface area contributed by atoms with Crippen LogP contribution in [-0.2, 0) is 14.3 Å². The van der Waals surface area contributed by atoms with Gasteiger partial charge in [-0.3, -0.25) is 0 Å². The van der Waals surface area contributed by atoms with Crippen LogP contribution in [0.4, 0.5) is 0 Å². The van der Waals surface area contributed by atoms with Crippen molar-refractivity contribution in [1.82, 2.24) is 0 Å². The molecule has 0 fully saturated rings. The topological polar surface area (TPSA) is 68.5 Å². The van der Waals surface area contributed by atoms with Crippen LogP contribution in [0.5, 0.6) is 5.75 Å². The zero-order chi connectivity index (χ0) is 13.5. The molecule has 5 nitrogen and oxygen atoms in total. The van der Waals surface area contributed by atoms with E-state index in [4.69, 9.17) is 14.7 Å². The van der Waals surface area contributed by atoms with E-state index in [9.17, 15) is 4.79 Å². The summed E-state index contributed by atoms with van der Waals surface area (Å²) in [7, 11) is 2.64. The largest absolute Gasteiger partial charge is 0.500 e. The van der Waals surface area contributed by atoms with Gasteiger partial charge in [-0.15, -0.1) is 0 Å². The minimum atomic E-state index is -0.654. The second-order valence-corrected chi connectivity index (χ2v) is 3.40. The molecule has 0 aliphatic heterocycles. The molecular weight excluding hydrogens is 234 g/mol. The number of benzene rings is 1. The number of nitriles is 1. The molecule has 5 heteroatoms. The molecule has 0 aliphatic rings. The van der Waals surface area contributed by atoms with Crippen LogP contribution in [0.25, 0.3) is 0 Å². The third-order valence-electron chi connectivity index (χ3n) is 2.15. The summed E-state index contributed by atoms with van der Waals surface area (Å²) in [4.78, 5) is 11.4. The van der Waals surface area contributed by atoms with E-state index in [2.05, 4.69) is 4.74 Å². The number of aryl methyl sites for hydroxylation is 1. The van der Waals surface area contributed by atoms with Crippen LogP contribution in [0.2, 0.25) is 0 Å². The number of methoxy groups -OCH3 is 2. The van der Waals surface area contributed by atoms with Crippen molar-refractivity contribution in [3.05, 3.63) is 41.3 Å². The quantitative estimate of drug-likeness (QED) is 0.462. The van der Waals surface area contributed by atoms with Gasteiger partial charge < -0.3 is 14.2 Å². The number of hydrogen-bond acceptors (Lipinski definition) is 5. The van der Waals surface area contributed by atoms with Crippen molar-refractivity contribution in [2.24, 2.45) is 0 Å². The molecule has 0 N–H and O–H groups in total. The Hall–Kier alpha value is -2.48. The summed E-state index contributed by atoms with van der Waals surface area (Å²) in [5.74, 6) is -0.334. The molecule has 18 heavy (non-hydrogen) atoms. The zero-order valence-corrected chi connectivity index (χ0v) is 10.4. The van der Waals surface area contributed by atoms with Gasteiger partial charge in [0.1, 0.15) is 12.0 Å². The Morgan fingerprint density at radius 1 is 1.39 bits per heavy atom. The average Bonchev–Trinajstić information content (AvgIpc) is 2.39. The smallest absolute Gasteiger partial charge is 0.377 e. The van der Waals surface area contributed by atoms with E-state index < -0.39 is 5.97 Å². The Morgan fingerprint density at radius 3 is 2.67 bits per heavy atom. The van der Waals surface area contributed by atoms with Crippen molar-refractivity contribution in [2.45, 2.75) is 6.92 Å². The Bertz CT molecular complexity index is 514. The molecule has 0 heterocycles. The summed E-state index contributed by atoms with van der Waals surface area (Å²) in [6.45, 7) is 1.80. The number of nitrogens with zero attached hydrogens (tertiary/aromatic N) is 1. The van der Waals surface area contributed by atoms with Crippen molar-refractivity contribution in [3.8, 4) is 11.8 Å². The number of hydrogen-bond donors (Lipinski definition) is 0. The van der Waals surface area contributed by atoms with E-state index in [1.165, 1.54) is 14.2 Å². The fourth-order valence-corrected chi connectivity index (χ4v) is 1.22. The molecule has 1 aromatic carbocycles. The predicted octanol–water partition coefficient (Wildman–Crippen LogP) is 1.91. The zero-order valence-electron chi connectivity index (χ0n) is 10.4. The minimum Gasteiger partial charge on any atom is -0.500 e. The normalized spacial score (nSPS) is 10.4. The monoisotopic (exact) mass is 247 g/mol. The Morgan fingerprint density at radius 2 is 2.11 bits per heavy atom. The lowest BCUT2D eigenvalue weighted by atomic mass is 10.1. The lowest BCUT2D eigenvalue weighted by Gasteiger charge is -2.10. The first kappa shape index (κ1) is 13.6. The predicted molar refractivity (Wildman–Crippen MR) is 63.6 cm³/mol. The first-order valence-corrected chi connectivity index (χ1v) is 5.12. The van der Waals surface area contributed by atoms with Crippen LogP contribution in [0.3, 0.4) is 0 Å². The average molecular weight is 247 g/mol. The highest BCUT2D eigenvalue weighted by molar-refractivity contribution is 5.86. The molecule has 0 aliphatic carbocycles. The van der Waals surface area contributed by atoms with Gasteiger partial charge in [0.2, 0.25) is 5.76 Å². The summed E-state index contributed by atoms with van der Waals surface area (Å²) in [5, 5.41) is 8.81. The van der Waals surface area contributed by atoms with Crippen LogP contribution in [-0.4, -0.2) is 20.2 Å². The van der Waals surface area contributed by atoms with E-state index in [-0.39, 0.29) is 5.76 Å². The summed E-state index contributed by atoms with van der Waals surface area (Å²) < 4.78 is 14.7. The molecule has 0 amide bonds. The lowest BCUT2D eigenvalue weighted by molar-refractivity contribution is -0.138. The second kappa shape index (κ2) is 6.30. The van der Waals surface area contributed by atoms with E-state index in [1.54, 1.807) is 25.1 Å². The highest BCUT2D eigenvalue weighted by Gasteiger charge is 2.14. The summed E-state index contributed by atoms with van der Waals surface area (Å²) in [6, 6.07) is 6.94. The van der Waals surface area contributed by atoms with Gasteiger partial charge in [0, 0.05) is 0 Å². The van der Waals surface area contributed by atoms with Gasteiger partial charge in [-0.1, -0.05) is 6.07 Å². The maximum Gasteiger partial charge on any atom is 0.377 e. The molecule has 0 unspecified atom stereocenters. The molecular formula is C13H13NO4. The molecule has 0 radical (unpaired) electrons. The van der Waals surface area contributed by atoms with Crippen molar-refractivity contribution in [2.75, 3.05) is 14.2 Å². The van der Waals surface area contributed by atoms with Crippen LogP contribution in [0.1, 0.15) is 11.1 Å². The van der Waals surface area contributed by atoms with Crippen LogP contribution in [0, 0.1) is 18.3 Å². The lowest BCUT2D eigenvalue weighted by Crippen LogP contribution is -2.11. The number of rotatable bonds is 4. The van der Waals surface area contributed by atoms with E-state index in [1.807, 2.05) is 6.07 Å². The van der Waals surface area contributed by atoms with E-state index in [0.717, 1.165) is 11.8 Å². The number of ether oxygens (including phenoxy) is 3. The summed E-state index contributed by atoms with van der Waals surface area (Å²) in [5.41, 5.74) is 1.23. The van der Waals surface area contributed by atoms with Gasteiger partial charge in [-0.25, -0.2) is 4.79 Å². The third kappa shape index (κ3) is 3.25. The fraction of sp³-hybridized carbons (Fsp3) is 0.231. The van der Waals surface area contributed by atoms with Gasteiger partial charge in [0.15, 0.2) is 0 Å². The first-order chi connectivity index (χ1) is 8.62. The summed E-state index contributed by atoms with van der Waals surface area (Å²) >= 11 is 0. The molecule has 0 bridgehead atoms. The van der Waals surface area contributed by atoms with Gasteiger partial charge in [0.25, 0.3) is 0 Å². The molecule has 0 saturated carbocycles. The Kier molecular flexibility index (Phi) is 4.76. The molecule has 1 aromatic rings. The van der Waals surface area contributed by atoms with E-state index >= 15 is 0 Å². The highest BCUT2D eigenvalue weighted by Crippen LogP contribution is 2.22. The summed E-state index contributed by atoms with van der Waals surface area (Å²) in [6.07, 6.45) is 1.14. The molecule has 0 atom stereocenters. The standard InChI is InChI=1S/C13H13NO4/c1-9-4-5-10(7-14)6-11(9)18-12(8-16-2)13(15)17-3/h4-6,8H,1-3H3/b12-8-. The minimum absolute atomic E-state index is 0.0850. The van der Waals surface area contributed by atoms with Crippen molar-refractivity contribution < 1.29 is 19.0 Å².